The lowest BCUT2D eigenvalue weighted by atomic mass is 9.79. The van der Waals surface area contributed by atoms with Crippen LogP contribution < -0.4 is 20.9 Å². The van der Waals surface area contributed by atoms with E-state index in [4.69, 9.17) is 38.5 Å². The first-order chi connectivity index (χ1) is 26.1. The number of methoxy groups -OCH3 is 2. The molecule has 2 fully saturated rings. The van der Waals surface area contributed by atoms with Crippen LogP contribution in [0.3, 0.4) is 0 Å². The van der Waals surface area contributed by atoms with Crippen molar-refractivity contribution in [2.75, 3.05) is 39.8 Å². The Morgan fingerprint density at radius 2 is 1.56 bits per heavy atom. The Balaban J connectivity index is 1.48. The summed E-state index contributed by atoms with van der Waals surface area (Å²) in [5.74, 6) is 1.49. The number of nitrogen functional groups attached to an aromatic ring is 1. The summed E-state index contributed by atoms with van der Waals surface area (Å²) in [6.07, 6.45) is -0.672. The molecule has 0 saturated carbocycles. The lowest BCUT2D eigenvalue weighted by molar-refractivity contribution is -0.203. The first kappa shape index (κ1) is 39.3. The summed E-state index contributed by atoms with van der Waals surface area (Å²) in [6.45, 7) is 8.54. The molecule has 2 bridgehead atoms. The number of nitrogens with zero attached hydrogens (tertiary/aromatic N) is 4. The van der Waals surface area contributed by atoms with Crippen molar-refractivity contribution >= 4 is 14.3 Å². The fraction of sp³-hybridized carbons (Fsp3) is 0.425. The fourth-order valence-corrected chi connectivity index (χ4v) is 9.00. The second-order valence-corrected chi connectivity index (χ2v) is 15.2. The molecule has 1 unspecified atom stereocenters. The molecule has 54 heavy (non-hydrogen) atoms. The second kappa shape index (κ2) is 17.0. The average molecular weight is 758 g/mol. The molecule has 0 radical (unpaired) electrons. The van der Waals surface area contributed by atoms with Crippen LogP contribution in [0.15, 0.2) is 95.9 Å². The molecular formula is C40H48N5O8P. The zero-order valence-electron chi connectivity index (χ0n) is 31.5. The van der Waals surface area contributed by atoms with Gasteiger partial charge in [-0.15, -0.1) is 0 Å². The van der Waals surface area contributed by atoms with Gasteiger partial charge in [0.2, 0.25) is 0 Å². The number of benzene rings is 3. The highest BCUT2D eigenvalue weighted by Gasteiger charge is 2.65. The Labute approximate surface area is 317 Å². The number of anilines is 1. The van der Waals surface area contributed by atoms with Crippen LogP contribution in [-0.2, 0) is 28.9 Å². The van der Waals surface area contributed by atoms with E-state index in [9.17, 15) is 10.1 Å². The zero-order valence-corrected chi connectivity index (χ0v) is 32.3. The smallest absolute Gasteiger partial charge is 0.351 e. The number of nitrogens with two attached hydrogens (primary N) is 1. The molecule has 0 aliphatic carbocycles. The van der Waals surface area contributed by atoms with Crippen LogP contribution in [0, 0.1) is 11.3 Å². The summed E-state index contributed by atoms with van der Waals surface area (Å²) in [7, 11) is 1.52. The Morgan fingerprint density at radius 3 is 2.09 bits per heavy atom. The Hall–Kier alpha value is -4.38. The summed E-state index contributed by atoms with van der Waals surface area (Å²) in [4.78, 5) is 17.2. The van der Waals surface area contributed by atoms with Crippen molar-refractivity contribution in [2.45, 2.75) is 75.8 Å². The van der Waals surface area contributed by atoms with E-state index < -0.39 is 43.9 Å². The molecule has 2 aliphatic rings. The molecule has 0 amide bonds. The molecule has 2 aliphatic heterocycles. The number of nitriles is 1. The van der Waals surface area contributed by atoms with Gasteiger partial charge in [0.25, 0.3) is 8.53 Å². The van der Waals surface area contributed by atoms with E-state index >= 15 is 0 Å². The van der Waals surface area contributed by atoms with Gasteiger partial charge in [-0.3, -0.25) is 4.57 Å². The lowest BCUT2D eigenvalue weighted by Crippen LogP contribution is -2.49. The van der Waals surface area contributed by atoms with Gasteiger partial charge < -0.3 is 38.5 Å². The van der Waals surface area contributed by atoms with Gasteiger partial charge in [0.1, 0.15) is 40.7 Å². The highest BCUT2D eigenvalue weighted by Crippen LogP contribution is 2.56. The van der Waals surface area contributed by atoms with E-state index in [0.29, 0.717) is 11.5 Å². The quantitative estimate of drug-likeness (QED) is 0.0744. The Kier molecular flexibility index (Phi) is 12.4. The maximum absolute atomic E-state index is 13.3. The number of hydrogen-bond acceptors (Lipinski definition) is 12. The molecule has 5 atom stereocenters. The molecule has 3 heterocycles. The highest BCUT2D eigenvalue weighted by molar-refractivity contribution is 7.44. The normalized spacial score (nSPS) is 21.4. The Bertz CT molecular complexity index is 1880. The van der Waals surface area contributed by atoms with Crippen molar-refractivity contribution in [3.63, 3.8) is 0 Å². The molecule has 3 aromatic carbocycles. The maximum atomic E-state index is 13.3. The third kappa shape index (κ3) is 7.74. The van der Waals surface area contributed by atoms with E-state index in [0.717, 1.165) is 16.7 Å². The minimum atomic E-state index is -1.74. The fourth-order valence-electron chi connectivity index (χ4n) is 7.19. The summed E-state index contributed by atoms with van der Waals surface area (Å²) >= 11 is 0. The third-order valence-corrected chi connectivity index (χ3v) is 11.8. The molecule has 0 spiro atoms. The summed E-state index contributed by atoms with van der Waals surface area (Å²) < 4.78 is 48.7. The van der Waals surface area contributed by atoms with Crippen LogP contribution in [0.1, 0.15) is 57.0 Å². The molecule has 1 aromatic heterocycles. The monoisotopic (exact) mass is 757 g/mol. The predicted molar refractivity (Wildman–Crippen MR) is 204 cm³/mol. The molecular weight excluding hydrogens is 709 g/mol. The van der Waals surface area contributed by atoms with Crippen molar-refractivity contribution in [2.24, 2.45) is 0 Å². The van der Waals surface area contributed by atoms with Crippen LogP contribution >= 0.6 is 8.53 Å². The van der Waals surface area contributed by atoms with Crippen molar-refractivity contribution in [1.82, 2.24) is 14.2 Å². The summed E-state index contributed by atoms with van der Waals surface area (Å²) in [6, 6.07) is 29.3. The SMILES string of the molecule is COc1ccc(C(OC[C@@]23CO[C@@H]([C@H](n4ccc(N)nc4=O)O2)[C@@H]3OP(OCCC#N)N(C(C)C)C(C)C)(c2ccccc2)c2ccc(OC)cc2)cc1. The first-order valence-corrected chi connectivity index (χ1v) is 19.1. The zero-order chi connectivity index (χ0) is 38.5. The number of fused-ring (bicyclic) bond motifs is 2. The topological polar surface area (TPSA) is 153 Å². The molecule has 2 N–H and O–H groups in total. The van der Waals surface area contributed by atoms with Crippen molar-refractivity contribution in [1.29, 1.82) is 5.26 Å². The molecule has 14 heteroatoms. The molecule has 4 aromatic rings. The summed E-state index contributed by atoms with van der Waals surface area (Å²) in [5.41, 5.74) is 5.43. The van der Waals surface area contributed by atoms with E-state index in [-0.39, 0.29) is 44.1 Å². The number of rotatable bonds is 17. The van der Waals surface area contributed by atoms with Crippen molar-refractivity contribution < 1.29 is 32.7 Å². The van der Waals surface area contributed by atoms with Crippen LogP contribution in [0.4, 0.5) is 5.82 Å². The van der Waals surface area contributed by atoms with E-state index in [1.54, 1.807) is 26.5 Å². The predicted octanol–water partition coefficient (Wildman–Crippen LogP) is 6.18. The standard InChI is InChI=1S/C40H48N5O8P/c1-27(2)45(28(3)4)54(51-24-10-22-41)53-36-35-37(44-23-21-34(42)43-38(44)46)52-39(36,25-49-35)26-50-40(29-11-8-7-9-12-29,30-13-17-32(47-5)18-14-30)31-15-19-33(48-6)20-16-31/h7-9,11-21,23,27-28,35-37H,10,24-26H2,1-6H3,(H2,42,43,46)/t35-,36+,37-,39-,54?/m1/s1. The highest BCUT2D eigenvalue weighted by atomic mass is 31.2. The van der Waals surface area contributed by atoms with E-state index in [1.165, 1.54) is 4.57 Å². The van der Waals surface area contributed by atoms with Gasteiger partial charge in [-0.05, 0) is 74.7 Å². The van der Waals surface area contributed by atoms with E-state index in [2.05, 4.69) is 43.4 Å². The van der Waals surface area contributed by atoms with Gasteiger partial charge in [-0.25, -0.2) is 9.46 Å². The van der Waals surface area contributed by atoms with Crippen molar-refractivity contribution in [3.05, 3.63) is 118 Å². The summed E-state index contributed by atoms with van der Waals surface area (Å²) in [5, 5.41) is 9.35. The average Bonchev–Trinajstić information content (AvgIpc) is 3.66. The number of aromatic nitrogens is 2. The van der Waals surface area contributed by atoms with Crippen LogP contribution in [0.5, 0.6) is 11.5 Å². The largest absolute Gasteiger partial charge is 0.497 e. The van der Waals surface area contributed by atoms with Crippen LogP contribution in [0.2, 0.25) is 0 Å². The Morgan fingerprint density at radius 1 is 0.963 bits per heavy atom. The second-order valence-electron chi connectivity index (χ2n) is 13.8. The maximum Gasteiger partial charge on any atom is 0.351 e. The molecule has 13 nitrogen and oxygen atoms in total. The van der Waals surface area contributed by atoms with Gasteiger partial charge in [-0.1, -0.05) is 54.6 Å². The first-order valence-electron chi connectivity index (χ1n) is 17.9. The van der Waals surface area contributed by atoms with Gasteiger partial charge in [-0.2, -0.15) is 10.2 Å². The lowest BCUT2D eigenvalue weighted by Gasteiger charge is -2.41. The van der Waals surface area contributed by atoms with Gasteiger partial charge >= 0.3 is 5.69 Å². The van der Waals surface area contributed by atoms with Crippen LogP contribution in [0.25, 0.3) is 0 Å². The van der Waals surface area contributed by atoms with Crippen LogP contribution in [-0.4, -0.2) is 78.2 Å². The molecule has 2 saturated heterocycles. The van der Waals surface area contributed by atoms with Gasteiger partial charge in [0.05, 0.1) is 46.5 Å². The van der Waals surface area contributed by atoms with Gasteiger partial charge in [0, 0.05) is 18.3 Å². The number of ether oxygens (including phenoxy) is 5. The van der Waals surface area contributed by atoms with Crippen molar-refractivity contribution in [3.8, 4) is 17.6 Å². The molecule has 286 valence electrons. The minimum Gasteiger partial charge on any atom is -0.497 e. The molecule has 6 rings (SSSR count). The number of hydrogen-bond donors (Lipinski definition) is 1. The van der Waals surface area contributed by atoms with Gasteiger partial charge in [0.15, 0.2) is 6.23 Å². The third-order valence-electron chi connectivity index (χ3n) is 9.67. The van der Waals surface area contributed by atoms with E-state index in [1.807, 2.05) is 78.9 Å². The minimum absolute atomic E-state index is 0.0283.